The van der Waals surface area contributed by atoms with Gasteiger partial charge in [0.2, 0.25) is 0 Å². The van der Waals surface area contributed by atoms with E-state index in [1.54, 1.807) is 0 Å². The van der Waals surface area contributed by atoms with E-state index in [9.17, 15) is 0 Å². The van der Waals surface area contributed by atoms with Crippen molar-refractivity contribution >= 4 is 23.2 Å². The van der Waals surface area contributed by atoms with Crippen molar-refractivity contribution < 1.29 is 4.42 Å². The number of halogens is 2. The predicted octanol–water partition coefficient (Wildman–Crippen LogP) is 5.89. The van der Waals surface area contributed by atoms with Crippen LogP contribution in [-0.4, -0.2) is 6.54 Å². The van der Waals surface area contributed by atoms with E-state index in [-0.39, 0.29) is 0 Å². The molecule has 3 rings (SSSR count). The summed E-state index contributed by atoms with van der Waals surface area (Å²) >= 11 is 12.1. The quantitative estimate of drug-likeness (QED) is 0.554. The first kappa shape index (κ1) is 17.1. The minimum atomic E-state index is 0.702. The molecule has 24 heavy (non-hydrogen) atoms. The zero-order valence-corrected chi connectivity index (χ0v) is 15.0. The molecule has 0 atom stereocenters. The molecule has 0 unspecified atom stereocenters. The lowest BCUT2D eigenvalue weighted by molar-refractivity contribution is 0.495. The molecule has 0 aliphatic carbocycles. The van der Waals surface area contributed by atoms with Crippen LogP contribution in [0, 0.1) is 6.92 Å². The maximum Gasteiger partial charge on any atom is 0.134 e. The number of hydrogen-bond donors (Lipinski definition) is 1. The van der Waals surface area contributed by atoms with Crippen molar-refractivity contribution in [2.24, 2.45) is 0 Å². The van der Waals surface area contributed by atoms with Crippen molar-refractivity contribution in [3.05, 3.63) is 81.5 Å². The van der Waals surface area contributed by atoms with E-state index in [4.69, 9.17) is 27.6 Å². The van der Waals surface area contributed by atoms with Crippen LogP contribution in [-0.2, 0) is 13.0 Å². The molecule has 124 valence electrons. The third kappa shape index (κ3) is 4.41. The first-order valence-electron chi connectivity index (χ1n) is 7.92. The van der Waals surface area contributed by atoms with Crippen LogP contribution in [0.4, 0.5) is 0 Å². The molecular weight excluding hydrogens is 341 g/mol. The van der Waals surface area contributed by atoms with Crippen LogP contribution in [0.5, 0.6) is 0 Å². The Morgan fingerprint density at radius 2 is 1.75 bits per heavy atom. The molecule has 0 bridgehead atoms. The highest BCUT2D eigenvalue weighted by atomic mass is 35.5. The molecule has 1 N–H and O–H groups in total. The van der Waals surface area contributed by atoms with E-state index in [2.05, 4.69) is 17.4 Å². The fourth-order valence-corrected chi connectivity index (χ4v) is 2.78. The summed E-state index contributed by atoms with van der Waals surface area (Å²) in [4.78, 5) is 0. The molecule has 2 aromatic carbocycles. The molecule has 0 amide bonds. The summed E-state index contributed by atoms with van der Waals surface area (Å²) in [5.41, 5.74) is 3.33. The monoisotopic (exact) mass is 359 g/mol. The predicted molar refractivity (Wildman–Crippen MR) is 101 cm³/mol. The van der Waals surface area contributed by atoms with Gasteiger partial charge in [-0.2, -0.15) is 0 Å². The second kappa shape index (κ2) is 7.89. The van der Waals surface area contributed by atoms with Crippen LogP contribution in [0.1, 0.15) is 16.9 Å². The fourth-order valence-electron chi connectivity index (χ4n) is 2.47. The second-order valence-corrected chi connectivity index (χ2v) is 6.63. The van der Waals surface area contributed by atoms with Gasteiger partial charge in [-0.3, -0.25) is 0 Å². The number of benzene rings is 2. The Labute approximate surface area is 152 Å². The minimum absolute atomic E-state index is 0.702. The average Bonchev–Trinajstić information content (AvgIpc) is 3.05. The normalized spacial score (nSPS) is 11.0. The third-order valence-electron chi connectivity index (χ3n) is 3.92. The molecule has 0 radical (unpaired) electrons. The number of nitrogens with one attached hydrogen (secondary N) is 1. The highest BCUT2D eigenvalue weighted by Gasteiger charge is 2.06. The van der Waals surface area contributed by atoms with Gasteiger partial charge < -0.3 is 9.73 Å². The summed E-state index contributed by atoms with van der Waals surface area (Å²) in [5.74, 6) is 1.75. The second-order valence-electron chi connectivity index (χ2n) is 5.78. The molecule has 2 nitrogen and oxygen atoms in total. The Morgan fingerprint density at radius 3 is 2.50 bits per heavy atom. The van der Waals surface area contributed by atoms with Gasteiger partial charge in [-0.15, -0.1) is 0 Å². The lowest BCUT2D eigenvalue weighted by Gasteiger charge is -2.04. The van der Waals surface area contributed by atoms with Gasteiger partial charge in [0.1, 0.15) is 11.5 Å². The van der Waals surface area contributed by atoms with Crippen LogP contribution >= 0.6 is 23.2 Å². The zero-order chi connectivity index (χ0) is 16.9. The van der Waals surface area contributed by atoms with Crippen molar-refractivity contribution in [1.82, 2.24) is 5.32 Å². The van der Waals surface area contributed by atoms with Gasteiger partial charge in [-0.1, -0.05) is 47.5 Å². The number of rotatable bonds is 6. The van der Waals surface area contributed by atoms with Crippen LogP contribution in [0.2, 0.25) is 10.0 Å². The van der Waals surface area contributed by atoms with E-state index >= 15 is 0 Å². The summed E-state index contributed by atoms with van der Waals surface area (Å²) in [6.07, 6.45) is 0.957. The molecular formula is C20H19Cl2NO. The Morgan fingerprint density at radius 1 is 0.958 bits per heavy atom. The number of aryl methyl sites for hydroxylation is 1. The van der Waals surface area contributed by atoms with Crippen molar-refractivity contribution in [3.8, 4) is 11.3 Å². The third-order valence-corrected chi connectivity index (χ3v) is 4.58. The van der Waals surface area contributed by atoms with Gasteiger partial charge in [-0.25, -0.2) is 0 Å². The summed E-state index contributed by atoms with van der Waals surface area (Å²) in [6.45, 7) is 3.57. The van der Waals surface area contributed by atoms with E-state index < -0.39 is 0 Å². The molecule has 3 aromatic rings. The van der Waals surface area contributed by atoms with Crippen LogP contribution in [0.25, 0.3) is 11.3 Å². The molecule has 0 saturated carbocycles. The smallest absolute Gasteiger partial charge is 0.134 e. The van der Waals surface area contributed by atoms with Crippen LogP contribution in [0.3, 0.4) is 0 Å². The number of hydrogen-bond acceptors (Lipinski definition) is 2. The maximum atomic E-state index is 6.18. The molecule has 0 fully saturated rings. The Bertz CT molecular complexity index is 809. The Balaban J connectivity index is 1.52. The van der Waals surface area contributed by atoms with E-state index in [1.807, 2.05) is 49.4 Å². The standard InChI is InChI=1S/C20H19Cl2NO/c1-14-2-5-16(12-19(14)22)20-9-8-18(24-20)13-23-11-10-15-3-6-17(21)7-4-15/h2-9,12,23H,10-11,13H2,1H3. The molecule has 0 spiro atoms. The van der Waals surface area contributed by atoms with Gasteiger partial charge in [0, 0.05) is 15.6 Å². The largest absolute Gasteiger partial charge is 0.460 e. The first-order valence-corrected chi connectivity index (χ1v) is 8.68. The van der Waals surface area contributed by atoms with Crippen molar-refractivity contribution in [1.29, 1.82) is 0 Å². The number of furan rings is 1. The van der Waals surface area contributed by atoms with Crippen molar-refractivity contribution in [2.45, 2.75) is 19.9 Å². The van der Waals surface area contributed by atoms with Gasteiger partial charge in [0.15, 0.2) is 0 Å². The zero-order valence-electron chi connectivity index (χ0n) is 13.5. The van der Waals surface area contributed by atoms with Crippen LogP contribution in [0.15, 0.2) is 59.0 Å². The molecule has 1 heterocycles. The van der Waals surface area contributed by atoms with Crippen LogP contribution < -0.4 is 5.32 Å². The molecule has 4 heteroatoms. The molecule has 1 aromatic heterocycles. The van der Waals surface area contributed by atoms with E-state index in [0.29, 0.717) is 6.54 Å². The highest BCUT2D eigenvalue weighted by Crippen LogP contribution is 2.26. The fraction of sp³-hybridized carbons (Fsp3) is 0.200. The van der Waals surface area contributed by atoms with Crippen molar-refractivity contribution in [2.75, 3.05) is 6.54 Å². The summed E-state index contributed by atoms with van der Waals surface area (Å²) in [5, 5.41) is 4.92. The van der Waals surface area contributed by atoms with Gasteiger partial charge in [0.05, 0.1) is 6.54 Å². The maximum absolute atomic E-state index is 6.18. The van der Waals surface area contributed by atoms with E-state index in [1.165, 1.54) is 5.56 Å². The lowest BCUT2D eigenvalue weighted by atomic mass is 10.1. The summed E-state index contributed by atoms with van der Waals surface area (Å²) < 4.78 is 5.89. The van der Waals surface area contributed by atoms with Gasteiger partial charge in [0.25, 0.3) is 0 Å². The summed E-state index contributed by atoms with van der Waals surface area (Å²) in [6, 6.07) is 17.9. The topological polar surface area (TPSA) is 25.2 Å². The van der Waals surface area contributed by atoms with Gasteiger partial charge >= 0.3 is 0 Å². The highest BCUT2D eigenvalue weighted by molar-refractivity contribution is 6.31. The SMILES string of the molecule is Cc1ccc(-c2ccc(CNCCc3ccc(Cl)cc3)o2)cc1Cl. The van der Waals surface area contributed by atoms with E-state index in [0.717, 1.165) is 45.7 Å². The molecule has 0 aliphatic heterocycles. The minimum Gasteiger partial charge on any atom is -0.460 e. The Hall–Kier alpha value is -1.74. The molecule has 0 saturated heterocycles. The molecule has 0 aliphatic rings. The summed E-state index contributed by atoms with van der Waals surface area (Å²) in [7, 11) is 0. The van der Waals surface area contributed by atoms with Gasteiger partial charge in [-0.05, 0) is 61.3 Å². The lowest BCUT2D eigenvalue weighted by Crippen LogP contribution is -2.16. The Kier molecular flexibility index (Phi) is 5.62. The van der Waals surface area contributed by atoms with Crippen molar-refractivity contribution in [3.63, 3.8) is 0 Å². The first-order chi connectivity index (χ1) is 11.6. The average molecular weight is 360 g/mol.